The van der Waals surface area contributed by atoms with Gasteiger partial charge in [-0.25, -0.2) is 0 Å². The molecule has 0 amide bonds. The second-order valence-corrected chi connectivity index (χ2v) is 3.04. The van der Waals surface area contributed by atoms with Crippen LogP contribution in [0.3, 0.4) is 0 Å². The molecule has 13 heavy (non-hydrogen) atoms. The Morgan fingerprint density at radius 2 is 1.85 bits per heavy atom. The molecule has 0 heterocycles. The van der Waals surface area contributed by atoms with E-state index in [4.69, 9.17) is 0 Å². The second kappa shape index (κ2) is 6.18. The molecule has 0 N–H and O–H groups in total. The Hall–Kier alpha value is -1.37. The zero-order valence-corrected chi connectivity index (χ0v) is 8.67. The van der Waals surface area contributed by atoms with Crippen molar-refractivity contribution in [2.24, 2.45) is 4.99 Å². The van der Waals surface area contributed by atoms with E-state index in [1.165, 1.54) is 0 Å². The highest BCUT2D eigenvalue weighted by Gasteiger charge is 1.90. The SMILES string of the molecule is C=C/C=C\C(=C\N=C(C)C)C(=C)C. The fourth-order valence-electron chi connectivity index (χ4n) is 0.666. The Kier molecular flexibility index (Phi) is 5.53. The van der Waals surface area contributed by atoms with E-state index in [-0.39, 0.29) is 0 Å². The smallest absolute Gasteiger partial charge is 0.0341 e. The van der Waals surface area contributed by atoms with E-state index >= 15 is 0 Å². The molecular formula is C12H17N. The lowest BCUT2D eigenvalue weighted by Gasteiger charge is -1.97. The summed E-state index contributed by atoms with van der Waals surface area (Å²) in [6.45, 7) is 13.4. The summed E-state index contributed by atoms with van der Waals surface area (Å²) in [5.41, 5.74) is 3.06. The molecule has 0 fully saturated rings. The van der Waals surface area contributed by atoms with Crippen molar-refractivity contribution in [3.63, 3.8) is 0 Å². The molecule has 70 valence electrons. The van der Waals surface area contributed by atoms with Gasteiger partial charge in [0, 0.05) is 11.9 Å². The lowest BCUT2D eigenvalue weighted by Crippen LogP contribution is -1.81. The first kappa shape index (κ1) is 11.6. The predicted molar refractivity (Wildman–Crippen MR) is 61.0 cm³/mol. The van der Waals surface area contributed by atoms with E-state index in [9.17, 15) is 0 Å². The van der Waals surface area contributed by atoms with Gasteiger partial charge in [0.15, 0.2) is 0 Å². The van der Waals surface area contributed by atoms with Gasteiger partial charge in [0.25, 0.3) is 0 Å². The summed E-state index contributed by atoms with van der Waals surface area (Å²) in [5.74, 6) is 0. The van der Waals surface area contributed by atoms with Crippen LogP contribution in [0.15, 0.2) is 53.7 Å². The van der Waals surface area contributed by atoms with Gasteiger partial charge in [0.1, 0.15) is 0 Å². The second-order valence-electron chi connectivity index (χ2n) is 3.04. The Labute approximate surface area is 80.9 Å². The predicted octanol–water partition coefficient (Wildman–Crippen LogP) is 3.67. The minimum Gasteiger partial charge on any atom is -0.266 e. The topological polar surface area (TPSA) is 12.4 Å². The van der Waals surface area contributed by atoms with E-state index in [1.54, 1.807) is 6.08 Å². The number of hydrogen-bond donors (Lipinski definition) is 0. The lowest BCUT2D eigenvalue weighted by atomic mass is 10.1. The molecule has 0 saturated heterocycles. The largest absolute Gasteiger partial charge is 0.266 e. The van der Waals surface area contributed by atoms with E-state index in [2.05, 4.69) is 18.2 Å². The van der Waals surface area contributed by atoms with Crippen LogP contribution in [0.4, 0.5) is 0 Å². The number of rotatable bonds is 4. The molecule has 0 rings (SSSR count). The fourth-order valence-corrected chi connectivity index (χ4v) is 0.666. The van der Waals surface area contributed by atoms with Crippen molar-refractivity contribution in [2.45, 2.75) is 20.8 Å². The molecule has 0 atom stereocenters. The highest BCUT2D eigenvalue weighted by molar-refractivity contribution is 5.79. The first-order chi connectivity index (χ1) is 6.07. The average Bonchev–Trinajstić information content (AvgIpc) is 2.03. The van der Waals surface area contributed by atoms with Crippen LogP contribution in [-0.4, -0.2) is 5.71 Å². The van der Waals surface area contributed by atoms with Crippen molar-refractivity contribution in [3.05, 3.63) is 48.7 Å². The summed E-state index contributed by atoms with van der Waals surface area (Å²) in [7, 11) is 0. The number of nitrogens with zero attached hydrogens (tertiary/aromatic N) is 1. The van der Waals surface area contributed by atoms with Gasteiger partial charge < -0.3 is 0 Å². The normalized spacial score (nSPS) is 11.5. The minimum atomic E-state index is 1.00. The molecule has 1 heteroatoms. The van der Waals surface area contributed by atoms with Crippen LogP contribution in [-0.2, 0) is 0 Å². The third-order valence-electron chi connectivity index (χ3n) is 1.37. The van der Waals surface area contributed by atoms with Gasteiger partial charge in [-0.3, -0.25) is 4.99 Å². The molecule has 0 aliphatic heterocycles. The Bertz CT molecular complexity index is 273. The van der Waals surface area contributed by atoms with Gasteiger partial charge in [-0.15, -0.1) is 0 Å². The van der Waals surface area contributed by atoms with Crippen LogP contribution in [0.2, 0.25) is 0 Å². The van der Waals surface area contributed by atoms with Gasteiger partial charge in [0.2, 0.25) is 0 Å². The van der Waals surface area contributed by atoms with Gasteiger partial charge in [-0.1, -0.05) is 31.4 Å². The molecule has 0 unspecified atom stereocenters. The van der Waals surface area contributed by atoms with Crippen molar-refractivity contribution in [3.8, 4) is 0 Å². The molecule has 0 aliphatic carbocycles. The third-order valence-corrected chi connectivity index (χ3v) is 1.37. The van der Waals surface area contributed by atoms with Crippen LogP contribution in [0.1, 0.15) is 20.8 Å². The van der Waals surface area contributed by atoms with Crippen molar-refractivity contribution in [2.75, 3.05) is 0 Å². The molecular weight excluding hydrogens is 158 g/mol. The Balaban J connectivity index is 4.70. The summed E-state index contributed by atoms with van der Waals surface area (Å²) in [4.78, 5) is 4.21. The van der Waals surface area contributed by atoms with Gasteiger partial charge in [-0.05, 0) is 31.9 Å². The third kappa shape index (κ3) is 5.85. The van der Waals surface area contributed by atoms with Crippen molar-refractivity contribution < 1.29 is 0 Å². The molecule has 1 nitrogen and oxygen atoms in total. The van der Waals surface area contributed by atoms with Gasteiger partial charge in [-0.2, -0.15) is 0 Å². The summed E-state index contributed by atoms with van der Waals surface area (Å²) < 4.78 is 0. The minimum absolute atomic E-state index is 1.00. The van der Waals surface area contributed by atoms with Crippen LogP contribution in [0.5, 0.6) is 0 Å². The Morgan fingerprint density at radius 3 is 2.23 bits per heavy atom. The molecule has 0 saturated carbocycles. The van der Waals surface area contributed by atoms with Crippen molar-refractivity contribution in [1.82, 2.24) is 0 Å². The highest BCUT2D eigenvalue weighted by atomic mass is 14.7. The van der Waals surface area contributed by atoms with E-state index in [0.29, 0.717) is 0 Å². The molecule has 0 aromatic rings. The van der Waals surface area contributed by atoms with Crippen LogP contribution >= 0.6 is 0 Å². The van der Waals surface area contributed by atoms with Crippen LogP contribution < -0.4 is 0 Å². The van der Waals surface area contributed by atoms with Crippen molar-refractivity contribution in [1.29, 1.82) is 0 Å². The summed E-state index contributed by atoms with van der Waals surface area (Å²) in [5, 5.41) is 0. The fraction of sp³-hybridized carbons (Fsp3) is 0.250. The van der Waals surface area contributed by atoms with E-state index in [1.807, 2.05) is 39.1 Å². The van der Waals surface area contributed by atoms with Crippen LogP contribution in [0, 0.1) is 0 Å². The maximum atomic E-state index is 4.21. The lowest BCUT2D eigenvalue weighted by molar-refractivity contribution is 1.38. The maximum Gasteiger partial charge on any atom is 0.0341 e. The first-order valence-electron chi connectivity index (χ1n) is 4.24. The van der Waals surface area contributed by atoms with E-state index < -0.39 is 0 Å². The quantitative estimate of drug-likeness (QED) is 0.456. The van der Waals surface area contributed by atoms with Gasteiger partial charge >= 0.3 is 0 Å². The highest BCUT2D eigenvalue weighted by Crippen LogP contribution is 2.08. The number of allylic oxidation sites excluding steroid dienone is 5. The molecule has 0 aromatic carbocycles. The molecule has 0 aliphatic rings. The zero-order chi connectivity index (χ0) is 10.3. The number of aliphatic imine (C=N–C) groups is 1. The average molecular weight is 175 g/mol. The zero-order valence-electron chi connectivity index (χ0n) is 8.67. The monoisotopic (exact) mass is 175 g/mol. The molecule has 0 bridgehead atoms. The van der Waals surface area contributed by atoms with Crippen LogP contribution in [0.25, 0.3) is 0 Å². The van der Waals surface area contributed by atoms with Gasteiger partial charge in [0.05, 0.1) is 0 Å². The van der Waals surface area contributed by atoms with Crippen molar-refractivity contribution >= 4 is 5.71 Å². The molecule has 0 aromatic heterocycles. The van der Waals surface area contributed by atoms with E-state index in [0.717, 1.165) is 16.9 Å². The summed E-state index contributed by atoms with van der Waals surface area (Å²) >= 11 is 0. The number of hydrogen-bond acceptors (Lipinski definition) is 1. The summed E-state index contributed by atoms with van der Waals surface area (Å²) in [6, 6.07) is 0. The first-order valence-corrected chi connectivity index (χ1v) is 4.24. The molecule has 0 spiro atoms. The Morgan fingerprint density at radius 1 is 1.23 bits per heavy atom. The summed E-state index contributed by atoms with van der Waals surface area (Å²) in [6.07, 6.45) is 7.37. The molecule has 0 radical (unpaired) electrons. The maximum absolute atomic E-state index is 4.21. The standard InChI is InChI=1S/C12H17N/c1-6-7-8-12(10(2)3)9-13-11(4)5/h6-9H,1-2H2,3-5H3/b8-7-,12-9-.